The molecule has 0 bridgehead atoms. The zero-order chi connectivity index (χ0) is 16.1. The molecular weight excluding hydrogens is 385 g/mol. The van der Waals surface area contributed by atoms with Crippen LogP contribution in [0.15, 0.2) is 60.7 Å². The third-order valence-electron chi connectivity index (χ3n) is 4.96. The topological polar surface area (TPSA) is 0 Å². The molecular formula is C20H30Ge2. The van der Waals surface area contributed by atoms with Crippen LogP contribution in [0.4, 0.5) is 0 Å². The molecule has 0 radical (unpaired) electrons. The van der Waals surface area contributed by atoms with E-state index in [1.165, 1.54) is 23.3 Å². The van der Waals surface area contributed by atoms with Gasteiger partial charge in [-0.25, -0.2) is 0 Å². The summed E-state index contributed by atoms with van der Waals surface area (Å²) >= 11 is -3.54. The molecule has 0 unspecified atom stereocenters. The molecule has 0 fully saturated rings. The summed E-state index contributed by atoms with van der Waals surface area (Å²) in [5, 5.41) is 2.94. The summed E-state index contributed by atoms with van der Waals surface area (Å²) in [6.45, 7) is 0. The minimum atomic E-state index is -1.77. The average molecular weight is 416 g/mol. The predicted octanol–water partition coefficient (Wildman–Crippen LogP) is 5.00. The Kier molecular flexibility index (Phi) is 6.40. The number of unbranched alkanes of at least 4 members (excludes halogenated alkanes) is 1. The average Bonchev–Trinajstić information content (AvgIpc) is 2.53. The van der Waals surface area contributed by atoms with Crippen LogP contribution in [0.25, 0.3) is 0 Å². The molecule has 0 aromatic heterocycles. The van der Waals surface area contributed by atoms with E-state index in [0.29, 0.717) is 0 Å². The van der Waals surface area contributed by atoms with Gasteiger partial charge >= 0.3 is 142 Å². The second-order valence-corrected chi connectivity index (χ2v) is 28.0. The van der Waals surface area contributed by atoms with Crippen molar-refractivity contribution in [2.45, 2.75) is 46.4 Å². The Bertz CT molecular complexity index is 505. The van der Waals surface area contributed by atoms with Gasteiger partial charge in [-0.15, -0.1) is 0 Å². The first-order valence-corrected chi connectivity index (χ1v) is 22.0. The second kappa shape index (κ2) is 7.87. The zero-order valence-electron chi connectivity index (χ0n) is 14.6. The van der Waals surface area contributed by atoms with Gasteiger partial charge < -0.3 is 0 Å². The van der Waals surface area contributed by atoms with E-state index >= 15 is 0 Å². The Balaban J connectivity index is 1.84. The summed E-state index contributed by atoms with van der Waals surface area (Å²) in [7, 11) is 0. The molecule has 2 aromatic carbocycles. The molecule has 2 aromatic rings. The molecule has 0 heterocycles. The fraction of sp³-hybridized carbons (Fsp3) is 0.400. The number of rotatable bonds is 7. The molecule has 0 nitrogen and oxygen atoms in total. The van der Waals surface area contributed by atoms with Gasteiger partial charge in [0.25, 0.3) is 0 Å². The predicted molar refractivity (Wildman–Crippen MR) is 106 cm³/mol. The van der Waals surface area contributed by atoms with Crippen molar-refractivity contribution < 1.29 is 0 Å². The number of hydrogen-bond acceptors (Lipinski definition) is 0. The Morgan fingerprint density at radius 3 is 1.18 bits per heavy atom. The van der Waals surface area contributed by atoms with Crippen molar-refractivity contribution in [3.8, 4) is 0 Å². The summed E-state index contributed by atoms with van der Waals surface area (Å²) in [6, 6.07) is 22.5. The Morgan fingerprint density at radius 1 is 0.545 bits per heavy atom. The van der Waals surface area contributed by atoms with Crippen molar-refractivity contribution in [2.75, 3.05) is 0 Å². The fourth-order valence-electron chi connectivity index (χ4n) is 3.20. The van der Waals surface area contributed by atoms with Crippen molar-refractivity contribution in [2.24, 2.45) is 0 Å². The summed E-state index contributed by atoms with van der Waals surface area (Å²) in [6.07, 6.45) is 2.84. The number of benzene rings is 2. The van der Waals surface area contributed by atoms with Crippen LogP contribution in [0.3, 0.4) is 0 Å². The van der Waals surface area contributed by atoms with Gasteiger partial charge in [0.2, 0.25) is 0 Å². The van der Waals surface area contributed by atoms with Crippen molar-refractivity contribution in [1.29, 1.82) is 0 Å². The van der Waals surface area contributed by atoms with Gasteiger partial charge in [0.05, 0.1) is 0 Å². The molecule has 0 saturated carbocycles. The Hall–Kier alpha value is -0.474. The molecule has 2 heteroatoms. The van der Waals surface area contributed by atoms with Gasteiger partial charge in [-0.1, -0.05) is 0 Å². The van der Waals surface area contributed by atoms with Crippen LogP contribution in [-0.4, -0.2) is 26.5 Å². The molecule has 0 aliphatic rings. The third kappa shape index (κ3) is 5.02. The monoisotopic (exact) mass is 418 g/mol. The van der Waals surface area contributed by atoms with Crippen molar-refractivity contribution >= 4 is 35.3 Å². The van der Waals surface area contributed by atoms with E-state index in [2.05, 4.69) is 83.7 Å². The standard InChI is InChI=1S/C20H30Ge2/c1-21(2,19-13-7-5-8-14-19)17-11-12-18-22(3,4)20-15-9-6-10-16-20/h5-10,13-16H,11-12,17-18H2,1-4H3. The van der Waals surface area contributed by atoms with E-state index < -0.39 is 26.5 Å². The first-order valence-electron chi connectivity index (χ1n) is 8.53. The molecule has 0 saturated heterocycles. The molecule has 22 heavy (non-hydrogen) atoms. The molecule has 118 valence electrons. The van der Waals surface area contributed by atoms with Crippen molar-refractivity contribution in [3.63, 3.8) is 0 Å². The van der Waals surface area contributed by atoms with Crippen molar-refractivity contribution in [1.82, 2.24) is 0 Å². The zero-order valence-corrected chi connectivity index (χ0v) is 18.8. The molecule has 0 spiro atoms. The maximum atomic E-state index is 2.57. The molecule has 0 atom stereocenters. The Labute approximate surface area is 142 Å². The van der Waals surface area contributed by atoms with Gasteiger partial charge in [0, 0.05) is 0 Å². The summed E-state index contributed by atoms with van der Waals surface area (Å²) < 4.78 is 3.32. The van der Waals surface area contributed by atoms with Gasteiger partial charge in [0.1, 0.15) is 0 Å². The molecule has 2 rings (SSSR count). The van der Waals surface area contributed by atoms with Gasteiger partial charge in [0.15, 0.2) is 0 Å². The molecule has 0 aliphatic carbocycles. The molecule has 0 amide bonds. The maximum absolute atomic E-state index is 2.57. The quantitative estimate of drug-likeness (QED) is 0.441. The van der Waals surface area contributed by atoms with Crippen LogP contribution < -0.4 is 8.79 Å². The summed E-state index contributed by atoms with van der Waals surface area (Å²) in [4.78, 5) is 0. The van der Waals surface area contributed by atoms with Crippen LogP contribution in [0, 0.1) is 0 Å². The first-order chi connectivity index (χ1) is 10.4. The molecule has 0 N–H and O–H groups in total. The minimum absolute atomic E-state index is 1.42. The first kappa shape index (κ1) is 17.9. The van der Waals surface area contributed by atoms with E-state index in [1.54, 1.807) is 8.79 Å². The van der Waals surface area contributed by atoms with E-state index in [9.17, 15) is 0 Å². The Morgan fingerprint density at radius 2 is 0.864 bits per heavy atom. The van der Waals surface area contributed by atoms with Gasteiger partial charge in [-0.3, -0.25) is 0 Å². The van der Waals surface area contributed by atoms with Crippen molar-refractivity contribution in [3.05, 3.63) is 60.7 Å². The van der Waals surface area contributed by atoms with E-state index in [-0.39, 0.29) is 0 Å². The fourth-order valence-corrected chi connectivity index (χ4v) is 13.8. The van der Waals surface area contributed by atoms with E-state index in [1.807, 2.05) is 0 Å². The SMILES string of the molecule is [CH3][Ge]([CH3])([CH2]CC[CH2][Ge]([CH3])([CH3])[c]1ccccc1)[c]1ccccc1. The second-order valence-electron chi connectivity index (χ2n) is 7.71. The van der Waals surface area contributed by atoms with Crippen LogP contribution in [0.2, 0.25) is 33.5 Å². The van der Waals surface area contributed by atoms with E-state index in [4.69, 9.17) is 0 Å². The molecule has 0 aliphatic heterocycles. The van der Waals surface area contributed by atoms with Crippen LogP contribution in [0.1, 0.15) is 12.8 Å². The summed E-state index contributed by atoms with van der Waals surface area (Å²) in [5.41, 5.74) is 0. The van der Waals surface area contributed by atoms with Crippen LogP contribution >= 0.6 is 0 Å². The van der Waals surface area contributed by atoms with Gasteiger partial charge in [-0.2, -0.15) is 0 Å². The third-order valence-corrected chi connectivity index (χ3v) is 19.6. The summed E-state index contributed by atoms with van der Waals surface area (Å²) in [5.74, 6) is 10.3. The normalized spacial score (nSPS) is 12.4. The van der Waals surface area contributed by atoms with Gasteiger partial charge in [-0.05, 0) is 0 Å². The van der Waals surface area contributed by atoms with E-state index in [0.717, 1.165) is 0 Å². The van der Waals surface area contributed by atoms with Crippen LogP contribution in [0.5, 0.6) is 0 Å². The number of hydrogen-bond donors (Lipinski definition) is 0. The van der Waals surface area contributed by atoms with Crippen LogP contribution in [-0.2, 0) is 0 Å².